The van der Waals surface area contributed by atoms with Gasteiger partial charge >= 0.3 is 0 Å². The van der Waals surface area contributed by atoms with Gasteiger partial charge in [0, 0.05) is 30.3 Å². The molecule has 1 amide bonds. The molecule has 2 aromatic carbocycles. The van der Waals surface area contributed by atoms with Gasteiger partial charge < -0.3 is 10.1 Å². The molecule has 0 saturated heterocycles. The summed E-state index contributed by atoms with van der Waals surface area (Å²) in [5, 5.41) is 15.4. The number of benzene rings is 2. The summed E-state index contributed by atoms with van der Waals surface area (Å²) in [4.78, 5) is 11.5. The summed E-state index contributed by atoms with van der Waals surface area (Å²) >= 11 is 0. The molecule has 4 aromatic rings. The van der Waals surface area contributed by atoms with Crippen LogP contribution in [0.2, 0.25) is 0 Å². The standard InChI is InChI=1S/C22H22N6O4S/c1-2-20(29)24-17-8-10-18(11-9-17)33(30,31)23-14-15-32-21-13-12-19-25-26-22(28(19)27-21)16-6-4-3-5-7-16/h3-13,23H,2,14-15H2,1H3,(H,24,29). The topological polar surface area (TPSA) is 128 Å². The van der Waals surface area contributed by atoms with Crippen molar-refractivity contribution in [2.24, 2.45) is 0 Å². The Bertz CT molecular complexity index is 1350. The highest BCUT2D eigenvalue weighted by Gasteiger charge is 2.14. The van der Waals surface area contributed by atoms with Gasteiger partial charge in [-0.3, -0.25) is 4.79 Å². The molecule has 0 bridgehead atoms. The molecule has 33 heavy (non-hydrogen) atoms. The SMILES string of the molecule is CCC(=O)Nc1ccc(S(=O)(=O)NCCOc2ccc3nnc(-c4ccccc4)n3n2)cc1. The van der Waals surface area contributed by atoms with Crippen molar-refractivity contribution in [3.8, 4) is 17.3 Å². The van der Waals surface area contributed by atoms with Crippen molar-refractivity contribution < 1.29 is 17.9 Å². The van der Waals surface area contributed by atoms with E-state index in [2.05, 4.69) is 25.3 Å². The maximum absolute atomic E-state index is 12.5. The van der Waals surface area contributed by atoms with Gasteiger partial charge in [0.25, 0.3) is 0 Å². The lowest BCUT2D eigenvalue weighted by molar-refractivity contribution is -0.115. The summed E-state index contributed by atoms with van der Waals surface area (Å²) < 4.78 is 34.7. The van der Waals surface area contributed by atoms with E-state index in [9.17, 15) is 13.2 Å². The quantitative estimate of drug-likeness (QED) is 0.363. The monoisotopic (exact) mass is 466 g/mol. The van der Waals surface area contributed by atoms with Crippen molar-refractivity contribution in [3.63, 3.8) is 0 Å². The van der Waals surface area contributed by atoms with Crippen LogP contribution in [0.1, 0.15) is 13.3 Å². The maximum atomic E-state index is 12.5. The van der Waals surface area contributed by atoms with Gasteiger partial charge in [-0.15, -0.1) is 15.3 Å². The highest BCUT2D eigenvalue weighted by Crippen LogP contribution is 2.18. The molecule has 0 fully saturated rings. The van der Waals surface area contributed by atoms with Gasteiger partial charge in [-0.25, -0.2) is 13.1 Å². The molecule has 0 saturated carbocycles. The zero-order valence-electron chi connectivity index (χ0n) is 17.8. The Balaban J connectivity index is 1.36. The first kappa shape index (κ1) is 22.4. The van der Waals surface area contributed by atoms with Gasteiger partial charge in [-0.05, 0) is 30.3 Å². The molecule has 2 aromatic heterocycles. The fourth-order valence-corrected chi connectivity index (χ4v) is 4.01. The molecule has 2 N–H and O–H groups in total. The van der Waals surface area contributed by atoms with Gasteiger partial charge in [0.15, 0.2) is 11.5 Å². The number of ether oxygens (including phenoxy) is 1. The zero-order chi connectivity index (χ0) is 23.3. The number of anilines is 1. The average molecular weight is 467 g/mol. The molecule has 0 atom stereocenters. The van der Waals surface area contributed by atoms with E-state index in [1.807, 2.05) is 30.3 Å². The van der Waals surface area contributed by atoms with Gasteiger partial charge in [0.05, 0.1) is 4.90 Å². The second kappa shape index (κ2) is 9.76. The fourth-order valence-electron chi connectivity index (χ4n) is 3.00. The lowest BCUT2D eigenvalue weighted by Crippen LogP contribution is -2.28. The van der Waals surface area contributed by atoms with Gasteiger partial charge in [-0.2, -0.15) is 4.52 Å². The van der Waals surface area contributed by atoms with E-state index in [1.54, 1.807) is 35.7 Å². The molecule has 0 unspecified atom stereocenters. The number of aromatic nitrogens is 4. The lowest BCUT2D eigenvalue weighted by atomic mass is 10.2. The van der Waals surface area contributed by atoms with Crippen LogP contribution in [0.25, 0.3) is 17.0 Å². The molecule has 0 aliphatic carbocycles. The lowest BCUT2D eigenvalue weighted by Gasteiger charge is -2.09. The van der Waals surface area contributed by atoms with Gasteiger partial charge in [-0.1, -0.05) is 37.3 Å². The average Bonchev–Trinajstić information content (AvgIpc) is 3.26. The summed E-state index contributed by atoms with van der Waals surface area (Å²) in [6, 6.07) is 18.9. The Labute approximate surface area is 190 Å². The second-order valence-electron chi connectivity index (χ2n) is 7.00. The molecule has 0 radical (unpaired) electrons. The van der Waals surface area contributed by atoms with E-state index >= 15 is 0 Å². The van der Waals surface area contributed by atoms with Gasteiger partial charge in [0.2, 0.25) is 21.8 Å². The molecule has 2 heterocycles. The van der Waals surface area contributed by atoms with Crippen LogP contribution < -0.4 is 14.8 Å². The Morgan fingerprint density at radius 1 is 1.00 bits per heavy atom. The number of hydrogen-bond acceptors (Lipinski definition) is 7. The normalized spacial score (nSPS) is 11.4. The van der Waals surface area contributed by atoms with Crippen LogP contribution in [0.15, 0.2) is 71.6 Å². The Kier molecular flexibility index (Phi) is 6.61. The minimum Gasteiger partial charge on any atom is -0.475 e. The number of amides is 1. The highest BCUT2D eigenvalue weighted by molar-refractivity contribution is 7.89. The second-order valence-corrected chi connectivity index (χ2v) is 8.77. The molecule has 0 spiro atoms. The first-order valence-corrected chi connectivity index (χ1v) is 11.7. The number of carbonyl (C=O) groups excluding carboxylic acids is 1. The van der Waals surface area contributed by atoms with E-state index in [-0.39, 0.29) is 24.0 Å². The van der Waals surface area contributed by atoms with E-state index < -0.39 is 10.0 Å². The summed E-state index contributed by atoms with van der Waals surface area (Å²) in [6.07, 6.45) is 0.342. The van der Waals surface area contributed by atoms with E-state index in [0.29, 0.717) is 29.5 Å². The largest absolute Gasteiger partial charge is 0.475 e. The van der Waals surface area contributed by atoms with Crippen LogP contribution in [-0.4, -0.2) is 47.3 Å². The zero-order valence-corrected chi connectivity index (χ0v) is 18.6. The van der Waals surface area contributed by atoms with Crippen molar-refractivity contribution in [1.82, 2.24) is 24.5 Å². The Morgan fingerprint density at radius 3 is 2.48 bits per heavy atom. The Hall–Kier alpha value is -3.83. The predicted octanol–water partition coefficient (Wildman–Crippen LogP) is 2.50. The van der Waals surface area contributed by atoms with E-state index in [4.69, 9.17) is 4.74 Å². The van der Waals surface area contributed by atoms with Crippen LogP contribution in [0.3, 0.4) is 0 Å². The van der Waals surface area contributed by atoms with Crippen molar-refractivity contribution in [3.05, 3.63) is 66.7 Å². The molecular weight excluding hydrogens is 444 g/mol. The number of sulfonamides is 1. The van der Waals surface area contributed by atoms with Crippen molar-refractivity contribution in [2.75, 3.05) is 18.5 Å². The number of nitrogens with one attached hydrogen (secondary N) is 2. The first-order valence-electron chi connectivity index (χ1n) is 10.3. The fraction of sp³-hybridized carbons (Fsp3) is 0.182. The third-order valence-corrected chi connectivity index (χ3v) is 6.16. The Morgan fingerprint density at radius 2 is 1.76 bits per heavy atom. The van der Waals surface area contributed by atoms with Crippen LogP contribution in [0, 0.1) is 0 Å². The molecule has 4 rings (SSSR count). The number of nitrogens with zero attached hydrogens (tertiary/aromatic N) is 4. The van der Waals surface area contributed by atoms with E-state index in [1.165, 1.54) is 12.1 Å². The minimum absolute atomic E-state index is 0.0457. The molecule has 0 aliphatic heterocycles. The molecule has 10 nitrogen and oxygen atoms in total. The van der Waals surface area contributed by atoms with Crippen molar-refractivity contribution >= 4 is 27.3 Å². The number of rotatable bonds is 9. The molecule has 170 valence electrons. The summed E-state index contributed by atoms with van der Waals surface area (Å²) in [7, 11) is -3.72. The number of fused-ring (bicyclic) bond motifs is 1. The van der Waals surface area contributed by atoms with E-state index in [0.717, 1.165) is 5.56 Å². The molecule has 11 heteroatoms. The van der Waals surface area contributed by atoms with Crippen LogP contribution in [0.4, 0.5) is 5.69 Å². The smallest absolute Gasteiger partial charge is 0.240 e. The van der Waals surface area contributed by atoms with Crippen molar-refractivity contribution in [2.45, 2.75) is 18.2 Å². The van der Waals surface area contributed by atoms with Crippen LogP contribution in [0.5, 0.6) is 5.88 Å². The summed E-state index contributed by atoms with van der Waals surface area (Å²) in [5.74, 6) is 0.750. The van der Waals surface area contributed by atoms with Crippen LogP contribution in [-0.2, 0) is 14.8 Å². The third-order valence-electron chi connectivity index (χ3n) is 4.68. The first-order chi connectivity index (χ1) is 16.0. The third kappa shape index (κ3) is 5.33. The minimum atomic E-state index is -3.72. The summed E-state index contributed by atoms with van der Waals surface area (Å²) in [5.41, 5.74) is 1.97. The van der Waals surface area contributed by atoms with Crippen LogP contribution >= 0.6 is 0 Å². The summed E-state index contributed by atoms with van der Waals surface area (Å²) in [6.45, 7) is 1.86. The molecule has 0 aliphatic rings. The maximum Gasteiger partial charge on any atom is 0.240 e. The number of carbonyl (C=O) groups is 1. The number of hydrogen-bond donors (Lipinski definition) is 2. The molecular formula is C22H22N6O4S. The highest BCUT2D eigenvalue weighted by atomic mass is 32.2. The predicted molar refractivity (Wildman–Crippen MR) is 122 cm³/mol. The van der Waals surface area contributed by atoms with Gasteiger partial charge in [0.1, 0.15) is 6.61 Å². The van der Waals surface area contributed by atoms with Crippen molar-refractivity contribution in [1.29, 1.82) is 0 Å².